The highest BCUT2D eigenvalue weighted by Crippen LogP contribution is 2.22. The first-order valence-corrected chi connectivity index (χ1v) is 11.8. The van der Waals surface area contributed by atoms with E-state index < -0.39 is 5.91 Å². The molecule has 2 N–H and O–H groups in total. The predicted octanol–water partition coefficient (Wildman–Crippen LogP) is 3.47. The van der Waals surface area contributed by atoms with Gasteiger partial charge in [-0.3, -0.25) is 14.6 Å². The summed E-state index contributed by atoms with van der Waals surface area (Å²) < 4.78 is 2.12. The van der Waals surface area contributed by atoms with Crippen molar-refractivity contribution in [3.05, 3.63) is 60.7 Å². The predicted molar refractivity (Wildman–Crippen MR) is 134 cm³/mol. The van der Waals surface area contributed by atoms with E-state index in [2.05, 4.69) is 26.0 Å². The number of piperidine rings is 1. The summed E-state index contributed by atoms with van der Waals surface area (Å²) in [4.78, 5) is 37.2. The van der Waals surface area contributed by atoms with Crippen LogP contribution in [0, 0.1) is 0 Å². The van der Waals surface area contributed by atoms with Gasteiger partial charge in [0.1, 0.15) is 5.82 Å². The van der Waals surface area contributed by atoms with Gasteiger partial charge in [-0.2, -0.15) is 0 Å². The number of nitrogens with two attached hydrogens (primary N) is 1. The summed E-state index contributed by atoms with van der Waals surface area (Å²) >= 11 is 0. The first-order chi connectivity index (χ1) is 16.5. The Bertz CT molecular complexity index is 1160. The summed E-state index contributed by atoms with van der Waals surface area (Å²) in [6, 6.07) is 7.79. The van der Waals surface area contributed by atoms with Gasteiger partial charge in [0.15, 0.2) is 0 Å². The molecule has 3 aromatic rings. The molecular formula is C26H32N6O2. The highest BCUT2D eigenvalue weighted by molar-refractivity contribution is 5.97. The number of primary amides is 1. The fourth-order valence-electron chi connectivity index (χ4n) is 4.55. The van der Waals surface area contributed by atoms with Crippen molar-refractivity contribution in [3.8, 4) is 0 Å². The van der Waals surface area contributed by atoms with Crippen LogP contribution in [0.4, 0.5) is 5.82 Å². The highest BCUT2D eigenvalue weighted by Gasteiger charge is 2.25. The highest BCUT2D eigenvalue weighted by atomic mass is 16.2. The molecule has 0 saturated carbocycles. The van der Waals surface area contributed by atoms with Gasteiger partial charge in [0.25, 0.3) is 0 Å². The van der Waals surface area contributed by atoms with E-state index in [1.54, 1.807) is 24.5 Å². The fourth-order valence-corrected chi connectivity index (χ4v) is 4.55. The van der Waals surface area contributed by atoms with Crippen LogP contribution in [0.25, 0.3) is 17.0 Å². The summed E-state index contributed by atoms with van der Waals surface area (Å²) in [5.74, 6) is 0.646. The Morgan fingerprint density at radius 2 is 1.97 bits per heavy atom. The molecule has 3 heterocycles. The molecule has 0 spiro atoms. The van der Waals surface area contributed by atoms with Gasteiger partial charge in [0, 0.05) is 56.4 Å². The van der Waals surface area contributed by atoms with E-state index in [9.17, 15) is 9.59 Å². The molecule has 1 aromatic carbocycles. The van der Waals surface area contributed by atoms with Gasteiger partial charge in [-0.05, 0) is 55.3 Å². The third-order valence-electron chi connectivity index (χ3n) is 6.69. The summed E-state index contributed by atoms with van der Waals surface area (Å²) in [7, 11) is 1.92. The van der Waals surface area contributed by atoms with Crippen molar-refractivity contribution < 1.29 is 9.59 Å². The zero-order chi connectivity index (χ0) is 24.1. The molecule has 0 radical (unpaired) electrons. The minimum Gasteiger partial charge on any atom is -0.366 e. The zero-order valence-corrected chi connectivity index (χ0v) is 19.7. The SMILES string of the molecule is C=Cc1cnc(N2CCC(N(C)C(=O)CCCCn3ccc4ccc(C(N)=O)cc43)CC2)cn1. The number of amides is 2. The second-order valence-electron chi connectivity index (χ2n) is 8.83. The second kappa shape index (κ2) is 10.5. The third-order valence-corrected chi connectivity index (χ3v) is 6.69. The summed E-state index contributed by atoms with van der Waals surface area (Å²) in [6.07, 6.45) is 11.3. The average molecular weight is 461 g/mol. The van der Waals surface area contributed by atoms with Crippen molar-refractivity contribution in [3.63, 3.8) is 0 Å². The molecule has 34 heavy (non-hydrogen) atoms. The normalized spacial score (nSPS) is 14.3. The second-order valence-corrected chi connectivity index (χ2v) is 8.83. The minimum atomic E-state index is -0.423. The zero-order valence-electron chi connectivity index (χ0n) is 19.7. The maximum atomic E-state index is 12.8. The number of benzene rings is 1. The van der Waals surface area contributed by atoms with Crippen LogP contribution < -0.4 is 10.6 Å². The van der Waals surface area contributed by atoms with E-state index in [0.29, 0.717) is 12.0 Å². The number of carbonyl (C=O) groups excluding carboxylic acids is 2. The molecule has 178 valence electrons. The number of hydrogen-bond donors (Lipinski definition) is 1. The van der Waals surface area contributed by atoms with E-state index in [4.69, 9.17) is 5.73 Å². The maximum Gasteiger partial charge on any atom is 0.248 e. The van der Waals surface area contributed by atoms with E-state index in [1.165, 1.54) is 0 Å². The number of nitrogens with zero attached hydrogens (tertiary/aromatic N) is 5. The number of aryl methyl sites for hydroxylation is 1. The van der Waals surface area contributed by atoms with Crippen LogP contribution in [-0.4, -0.2) is 57.4 Å². The van der Waals surface area contributed by atoms with Crippen LogP contribution in [0.1, 0.15) is 48.2 Å². The van der Waals surface area contributed by atoms with Crippen molar-refractivity contribution in [2.75, 3.05) is 25.0 Å². The van der Waals surface area contributed by atoms with Gasteiger partial charge >= 0.3 is 0 Å². The van der Waals surface area contributed by atoms with E-state index in [0.717, 1.165) is 67.7 Å². The first-order valence-electron chi connectivity index (χ1n) is 11.8. The molecule has 2 aromatic heterocycles. The molecule has 8 nitrogen and oxygen atoms in total. The Labute approximate surface area is 200 Å². The van der Waals surface area contributed by atoms with Gasteiger partial charge in [-0.25, -0.2) is 4.98 Å². The molecule has 4 rings (SSSR count). The lowest BCUT2D eigenvalue weighted by atomic mass is 10.0. The van der Waals surface area contributed by atoms with Crippen molar-refractivity contribution >= 4 is 34.6 Å². The lowest BCUT2D eigenvalue weighted by Gasteiger charge is -2.37. The number of carbonyl (C=O) groups is 2. The summed E-state index contributed by atoms with van der Waals surface area (Å²) in [6.45, 7) is 6.23. The lowest BCUT2D eigenvalue weighted by molar-refractivity contribution is -0.132. The number of unbranched alkanes of at least 4 members (excludes halogenated alkanes) is 1. The number of hydrogen-bond acceptors (Lipinski definition) is 5. The number of aromatic nitrogens is 3. The Kier molecular flexibility index (Phi) is 7.25. The summed E-state index contributed by atoms with van der Waals surface area (Å²) in [5.41, 5.74) is 7.69. The quantitative estimate of drug-likeness (QED) is 0.493. The van der Waals surface area contributed by atoms with Crippen molar-refractivity contribution in [2.24, 2.45) is 5.73 Å². The minimum absolute atomic E-state index is 0.196. The number of anilines is 1. The molecule has 0 atom stereocenters. The van der Waals surface area contributed by atoms with Gasteiger partial charge in [-0.15, -0.1) is 0 Å². The maximum absolute atomic E-state index is 12.8. The van der Waals surface area contributed by atoms with Gasteiger partial charge < -0.3 is 20.1 Å². The van der Waals surface area contributed by atoms with Gasteiger partial charge in [0.2, 0.25) is 11.8 Å². The lowest BCUT2D eigenvalue weighted by Crippen LogP contribution is -2.45. The van der Waals surface area contributed by atoms with Crippen molar-refractivity contribution in [1.29, 1.82) is 0 Å². The smallest absolute Gasteiger partial charge is 0.248 e. The van der Waals surface area contributed by atoms with Crippen LogP contribution in [-0.2, 0) is 11.3 Å². The molecule has 2 amide bonds. The molecule has 8 heteroatoms. The van der Waals surface area contributed by atoms with E-state index in [1.807, 2.05) is 36.3 Å². The fraction of sp³-hybridized carbons (Fsp3) is 0.385. The standard InChI is InChI=1S/C26H32N6O2/c1-3-21-17-29-24(18-28-21)32-14-10-22(11-15-32)30(2)25(33)6-4-5-12-31-13-9-19-7-8-20(26(27)34)16-23(19)31/h3,7-9,13,16-18,22H,1,4-6,10-12,14-15H2,2H3,(H2,27,34). The van der Waals surface area contributed by atoms with Crippen LogP contribution >= 0.6 is 0 Å². The topological polar surface area (TPSA) is 97.4 Å². The molecule has 1 saturated heterocycles. The molecule has 1 aliphatic heterocycles. The Balaban J connectivity index is 1.22. The van der Waals surface area contributed by atoms with Crippen molar-refractivity contribution in [1.82, 2.24) is 19.4 Å². The monoisotopic (exact) mass is 460 g/mol. The van der Waals surface area contributed by atoms with Crippen LogP contribution in [0.2, 0.25) is 0 Å². The van der Waals surface area contributed by atoms with Crippen LogP contribution in [0.15, 0.2) is 49.4 Å². The molecular weight excluding hydrogens is 428 g/mol. The Morgan fingerprint density at radius 1 is 1.18 bits per heavy atom. The summed E-state index contributed by atoms with van der Waals surface area (Å²) in [5, 5.41) is 1.08. The number of rotatable bonds is 9. The van der Waals surface area contributed by atoms with E-state index >= 15 is 0 Å². The van der Waals surface area contributed by atoms with Crippen LogP contribution in [0.5, 0.6) is 0 Å². The Morgan fingerprint density at radius 3 is 2.65 bits per heavy atom. The van der Waals surface area contributed by atoms with Gasteiger partial charge in [-0.1, -0.05) is 12.6 Å². The van der Waals surface area contributed by atoms with Gasteiger partial charge in [0.05, 0.1) is 18.1 Å². The molecule has 0 unspecified atom stereocenters. The molecule has 1 fully saturated rings. The van der Waals surface area contributed by atoms with E-state index in [-0.39, 0.29) is 11.9 Å². The first kappa shape index (κ1) is 23.5. The molecule has 1 aliphatic rings. The Hall–Kier alpha value is -3.68. The number of fused-ring (bicyclic) bond motifs is 1. The average Bonchev–Trinajstić information content (AvgIpc) is 3.28. The van der Waals surface area contributed by atoms with Crippen molar-refractivity contribution in [2.45, 2.75) is 44.7 Å². The molecule has 0 aliphatic carbocycles. The molecule has 0 bridgehead atoms. The third kappa shape index (κ3) is 5.27. The van der Waals surface area contributed by atoms with Crippen LogP contribution in [0.3, 0.4) is 0 Å². The largest absolute Gasteiger partial charge is 0.366 e.